The predicted molar refractivity (Wildman–Crippen MR) is 58.1 cm³/mol. The summed E-state index contributed by atoms with van der Waals surface area (Å²) in [5.74, 6) is 0.103. The van der Waals surface area contributed by atoms with Crippen LogP contribution in [0.5, 0.6) is 0 Å². The minimum Gasteiger partial charge on any atom is -0.326 e. The lowest BCUT2D eigenvalue weighted by Gasteiger charge is -2.29. The van der Waals surface area contributed by atoms with E-state index in [1.54, 1.807) is 11.8 Å². The fourth-order valence-corrected chi connectivity index (χ4v) is 1.98. The van der Waals surface area contributed by atoms with E-state index in [9.17, 15) is 4.79 Å². The van der Waals surface area contributed by atoms with Crippen molar-refractivity contribution in [3.05, 3.63) is 0 Å². The van der Waals surface area contributed by atoms with Crippen LogP contribution in [0.1, 0.15) is 26.2 Å². The van der Waals surface area contributed by atoms with Gasteiger partial charge in [-0.05, 0) is 40.3 Å². The zero-order valence-electron chi connectivity index (χ0n) is 9.73. The smallest absolute Gasteiger partial charge is 0.240 e. The molecule has 0 spiro atoms. The maximum atomic E-state index is 12.1. The van der Waals surface area contributed by atoms with Crippen molar-refractivity contribution in [1.29, 1.82) is 5.26 Å². The number of hydrogen-bond acceptors (Lipinski definition) is 3. The number of carbonyl (C=O) groups is 1. The Hall–Kier alpha value is -1.08. The average Bonchev–Trinajstić information content (AvgIpc) is 2.39. The minimum absolute atomic E-state index is 0.0525. The van der Waals surface area contributed by atoms with Gasteiger partial charge in [-0.2, -0.15) is 5.26 Å². The van der Waals surface area contributed by atoms with E-state index in [1.165, 1.54) is 0 Å². The summed E-state index contributed by atoms with van der Waals surface area (Å²) in [6.45, 7) is 2.51. The lowest BCUT2D eigenvalue weighted by Crippen LogP contribution is -2.47. The Bertz CT molecular complexity index is 269. The number of carbonyl (C=O) groups excluding carboxylic acids is 1. The van der Waals surface area contributed by atoms with Crippen molar-refractivity contribution in [1.82, 2.24) is 9.80 Å². The molecule has 2 unspecified atom stereocenters. The van der Waals surface area contributed by atoms with E-state index in [-0.39, 0.29) is 18.0 Å². The fraction of sp³-hybridized carbons (Fsp3) is 0.818. The number of likely N-dealkylation sites (N-methyl/N-ethyl adjacent to an activating group) is 1. The van der Waals surface area contributed by atoms with Crippen molar-refractivity contribution >= 4 is 5.91 Å². The summed E-state index contributed by atoms with van der Waals surface area (Å²) < 4.78 is 0. The maximum absolute atomic E-state index is 12.1. The van der Waals surface area contributed by atoms with Crippen LogP contribution in [0.3, 0.4) is 0 Å². The van der Waals surface area contributed by atoms with Crippen LogP contribution in [0.25, 0.3) is 0 Å². The van der Waals surface area contributed by atoms with Gasteiger partial charge in [0.05, 0.1) is 12.1 Å². The van der Waals surface area contributed by atoms with Crippen LogP contribution in [-0.4, -0.2) is 48.4 Å². The fourth-order valence-electron chi connectivity index (χ4n) is 1.98. The molecule has 1 aliphatic heterocycles. The van der Waals surface area contributed by atoms with E-state index in [2.05, 4.69) is 6.07 Å². The highest BCUT2D eigenvalue weighted by molar-refractivity contribution is 5.82. The Morgan fingerprint density at radius 1 is 1.53 bits per heavy atom. The minimum atomic E-state index is -0.307. The molecule has 1 heterocycles. The molecule has 15 heavy (non-hydrogen) atoms. The van der Waals surface area contributed by atoms with E-state index < -0.39 is 0 Å². The molecule has 1 aliphatic rings. The van der Waals surface area contributed by atoms with Crippen molar-refractivity contribution in [3.8, 4) is 6.07 Å². The third-order valence-electron chi connectivity index (χ3n) is 2.97. The first-order valence-corrected chi connectivity index (χ1v) is 5.44. The topological polar surface area (TPSA) is 47.3 Å². The van der Waals surface area contributed by atoms with Gasteiger partial charge in [0.2, 0.25) is 5.91 Å². The van der Waals surface area contributed by atoms with Crippen molar-refractivity contribution in [2.24, 2.45) is 0 Å². The lowest BCUT2D eigenvalue weighted by atomic mass is 10.1. The van der Waals surface area contributed by atoms with Crippen LogP contribution in [0.4, 0.5) is 0 Å². The van der Waals surface area contributed by atoms with Crippen molar-refractivity contribution in [3.63, 3.8) is 0 Å². The number of nitriles is 1. The summed E-state index contributed by atoms with van der Waals surface area (Å²) in [4.78, 5) is 15.8. The molecule has 0 aromatic carbocycles. The van der Waals surface area contributed by atoms with Crippen LogP contribution in [0, 0.1) is 11.3 Å². The molecule has 4 nitrogen and oxygen atoms in total. The highest BCUT2D eigenvalue weighted by Crippen LogP contribution is 2.17. The summed E-state index contributed by atoms with van der Waals surface area (Å²) in [6, 6.07) is 1.78. The molecule has 0 aromatic rings. The second kappa shape index (κ2) is 5.13. The number of hydrogen-bond donors (Lipinski definition) is 0. The molecule has 0 bridgehead atoms. The molecule has 1 saturated heterocycles. The summed E-state index contributed by atoms with van der Waals surface area (Å²) in [6.07, 6.45) is 2.96. The normalized spacial score (nSPS) is 24.9. The first-order chi connectivity index (χ1) is 7.07. The molecule has 0 aliphatic carbocycles. The third kappa shape index (κ3) is 2.69. The molecule has 1 rings (SSSR count). The standard InChI is InChI=1S/C11H19N3O/c1-9(8-12)14-7-5-4-6-10(11(14)15)13(2)3/h9-10H,4-7H2,1-3H3. The van der Waals surface area contributed by atoms with E-state index >= 15 is 0 Å². The summed E-state index contributed by atoms with van der Waals surface area (Å²) in [5, 5.41) is 8.86. The number of nitrogens with zero attached hydrogens (tertiary/aromatic N) is 3. The van der Waals surface area contributed by atoms with Crippen molar-refractivity contribution in [2.75, 3.05) is 20.6 Å². The van der Waals surface area contributed by atoms with Crippen molar-refractivity contribution < 1.29 is 4.79 Å². The SMILES string of the molecule is CC(C#N)N1CCCCC(N(C)C)C1=O. The zero-order valence-corrected chi connectivity index (χ0v) is 9.73. The molecule has 84 valence electrons. The summed E-state index contributed by atoms with van der Waals surface area (Å²) >= 11 is 0. The molecular formula is C11H19N3O. The molecule has 1 amide bonds. The van der Waals surface area contributed by atoms with E-state index in [1.807, 2.05) is 19.0 Å². The van der Waals surface area contributed by atoms with Crippen LogP contribution in [0.15, 0.2) is 0 Å². The van der Waals surface area contributed by atoms with Crippen LogP contribution in [0.2, 0.25) is 0 Å². The van der Waals surface area contributed by atoms with E-state index in [0.717, 1.165) is 25.8 Å². The number of amides is 1. The molecule has 4 heteroatoms. The monoisotopic (exact) mass is 209 g/mol. The van der Waals surface area contributed by atoms with Gasteiger partial charge in [-0.1, -0.05) is 0 Å². The quantitative estimate of drug-likeness (QED) is 0.677. The Labute approximate surface area is 91.5 Å². The lowest BCUT2D eigenvalue weighted by molar-refractivity contribution is -0.136. The maximum Gasteiger partial charge on any atom is 0.240 e. The van der Waals surface area contributed by atoms with E-state index in [4.69, 9.17) is 5.26 Å². The predicted octanol–water partition coefficient (Wildman–Crippen LogP) is 0.841. The molecule has 2 atom stereocenters. The highest BCUT2D eigenvalue weighted by Gasteiger charge is 2.30. The summed E-state index contributed by atoms with van der Waals surface area (Å²) in [5.41, 5.74) is 0. The third-order valence-corrected chi connectivity index (χ3v) is 2.97. The molecule has 0 aromatic heterocycles. The molecule has 0 saturated carbocycles. The van der Waals surface area contributed by atoms with Gasteiger partial charge >= 0.3 is 0 Å². The molecule has 1 fully saturated rings. The molecule has 0 radical (unpaired) electrons. The van der Waals surface area contributed by atoms with Crippen LogP contribution >= 0.6 is 0 Å². The van der Waals surface area contributed by atoms with Gasteiger partial charge in [0, 0.05) is 6.54 Å². The van der Waals surface area contributed by atoms with Gasteiger partial charge in [0.15, 0.2) is 0 Å². The second-order valence-electron chi connectivity index (χ2n) is 4.31. The Kier molecular flexibility index (Phi) is 4.10. The van der Waals surface area contributed by atoms with Gasteiger partial charge in [0.1, 0.15) is 6.04 Å². The largest absolute Gasteiger partial charge is 0.326 e. The van der Waals surface area contributed by atoms with Gasteiger partial charge in [-0.25, -0.2) is 0 Å². The first-order valence-electron chi connectivity index (χ1n) is 5.44. The van der Waals surface area contributed by atoms with Crippen molar-refractivity contribution in [2.45, 2.75) is 38.3 Å². The van der Waals surface area contributed by atoms with Gasteiger partial charge in [0.25, 0.3) is 0 Å². The first kappa shape index (κ1) is 12.0. The Morgan fingerprint density at radius 3 is 2.73 bits per heavy atom. The average molecular weight is 209 g/mol. The molecule has 0 N–H and O–H groups in total. The van der Waals surface area contributed by atoms with Crippen LogP contribution < -0.4 is 0 Å². The Morgan fingerprint density at radius 2 is 2.20 bits per heavy atom. The number of rotatable bonds is 2. The van der Waals surface area contributed by atoms with E-state index in [0.29, 0.717) is 0 Å². The van der Waals surface area contributed by atoms with Crippen LogP contribution in [-0.2, 0) is 4.79 Å². The molecular weight excluding hydrogens is 190 g/mol. The Balaban J connectivity index is 2.80. The van der Waals surface area contributed by atoms with Gasteiger partial charge in [-0.3, -0.25) is 9.69 Å². The second-order valence-corrected chi connectivity index (χ2v) is 4.31. The number of likely N-dealkylation sites (tertiary alicyclic amines) is 1. The van der Waals surface area contributed by atoms with Gasteiger partial charge < -0.3 is 4.90 Å². The highest BCUT2D eigenvalue weighted by atomic mass is 16.2. The van der Waals surface area contributed by atoms with Gasteiger partial charge in [-0.15, -0.1) is 0 Å². The zero-order chi connectivity index (χ0) is 11.4. The summed E-state index contributed by atoms with van der Waals surface area (Å²) in [7, 11) is 3.84.